The highest BCUT2D eigenvalue weighted by atomic mass is 16.2. The number of hydrogen-bond donors (Lipinski definition) is 1. The van der Waals surface area contributed by atoms with Crippen LogP contribution in [0.3, 0.4) is 0 Å². The predicted molar refractivity (Wildman–Crippen MR) is 65.4 cm³/mol. The van der Waals surface area contributed by atoms with Crippen LogP contribution in [0, 0.1) is 22.7 Å². The van der Waals surface area contributed by atoms with Gasteiger partial charge in [-0.3, -0.25) is 4.79 Å². The fraction of sp³-hybridized carbons (Fsp3) is 0.154. The Morgan fingerprint density at radius 2 is 1.89 bits per heavy atom. The summed E-state index contributed by atoms with van der Waals surface area (Å²) < 4.78 is 0. The first-order chi connectivity index (χ1) is 8.76. The summed E-state index contributed by atoms with van der Waals surface area (Å²) >= 11 is 0. The van der Waals surface area contributed by atoms with Gasteiger partial charge in [0.2, 0.25) is 0 Å². The van der Waals surface area contributed by atoms with Crippen molar-refractivity contribution < 1.29 is 4.79 Å². The number of hydrogen-bond acceptors (Lipinski definition) is 3. The van der Waals surface area contributed by atoms with Gasteiger partial charge in [0, 0.05) is 10.9 Å². The van der Waals surface area contributed by atoms with E-state index in [1.54, 1.807) is 6.07 Å². The second-order valence-corrected chi connectivity index (χ2v) is 3.75. The lowest BCUT2D eigenvalue weighted by Gasteiger charge is -2.14. The number of nitrogens with zero attached hydrogens (tertiary/aromatic N) is 3. The number of nitriles is 2. The highest BCUT2D eigenvalue weighted by Crippen LogP contribution is 2.15. The van der Waals surface area contributed by atoms with Gasteiger partial charge in [-0.05, 0) is 12.1 Å². The van der Waals surface area contributed by atoms with E-state index >= 15 is 0 Å². The first kappa shape index (κ1) is 11.7. The maximum absolute atomic E-state index is 12.1. The summed E-state index contributed by atoms with van der Waals surface area (Å²) in [6.07, 6.45) is 0. The summed E-state index contributed by atoms with van der Waals surface area (Å²) in [5.41, 5.74) is 1.25. The molecule has 88 valence electrons. The molecule has 0 radical (unpaired) electrons. The van der Waals surface area contributed by atoms with Crippen LogP contribution in [-0.2, 0) is 0 Å². The maximum atomic E-state index is 12.1. The molecule has 1 aromatic carbocycles. The van der Waals surface area contributed by atoms with Crippen molar-refractivity contribution in [3.05, 3.63) is 36.0 Å². The first-order valence-electron chi connectivity index (χ1n) is 5.37. The summed E-state index contributed by atoms with van der Waals surface area (Å²) in [4.78, 5) is 16.3. The van der Waals surface area contributed by atoms with Crippen molar-refractivity contribution in [2.24, 2.45) is 0 Å². The molecule has 0 unspecified atom stereocenters. The summed E-state index contributed by atoms with van der Waals surface area (Å²) in [7, 11) is 0. The van der Waals surface area contributed by atoms with Gasteiger partial charge in [0.25, 0.3) is 5.91 Å². The Labute approximate surface area is 104 Å². The highest BCUT2D eigenvalue weighted by molar-refractivity contribution is 5.98. The number of amides is 1. The monoisotopic (exact) mass is 238 g/mol. The van der Waals surface area contributed by atoms with Gasteiger partial charge in [-0.2, -0.15) is 10.5 Å². The fourth-order valence-corrected chi connectivity index (χ4v) is 1.73. The number of H-pyrrole nitrogens is 1. The molecule has 0 bridgehead atoms. The lowest BCUT2D eigenvalue weighted by atomic mass is 10.2. The van der Waals surface area contributed by atoms with Gasteiger partial charge in [-0.25, -0.2) is 0 Å². The molecule has 2 aromatic rings. The Morgan fingerprint density at radius 1 is 1.22 bits per heavy atom. The molecule has 0 aliphatic carbocycles. The summed E-state index contributed by atoms with van der Waals surface area (Å²) in [5.74, 6) is -0.339. The number of benzene rings is 1. The molecule has 1 aromatic heterocycles. The number of rotatable bonds is 3. The van der Waals surface area contributed by atoms with E-state index in [1.807, 2.05) is 36.4 Å². The van der Waals surface area contributed by atoms with Crippen LogP contribution in [0.4, 0.5) is 0 Å². The molecule has 0 saturated carbocycles. The molecule has 5 heteroatoms. The van der Waals surface area contributed by atoms with Crippen molar-refractivity contribution in [2.75, 3.05) is 13.1 Å². The maximum Gasteiger partial charge on any atom is 0.272 e. The summed E-state index contributed by atoms with van der Waals surface area (Å²) in [6, 6.07) is 13.0. The molecular formula is C13H10N4O. The molecule has 18 heavy (non-hydrogen) atoms. The van der Waals surface area contributed by atoms with E-state index in [4.69, 9.17) is 10.5 Å². The van der Waals surface area contributed by atoms with Gasteiger partial charge in [0.15, 0.2) is 0 Å². The van der Waals surface area contributed by atoms with E-state index in [1.165, 1.54) is 4.90 Å². The lowest BCUT2D eigenvalue weighted by Crippen LogP contribution is -2.31. The van der Waals surface area contributed by atoms with E-state index in [0.29, 0.717) is 5.69 Å². The van der Waals surface area contributed by atoms with E-state index in [9.17, 15) is 4.79 Å². The van der Waals surface area contributed by atoms with Crippen LogP contribution in [0.2, 0.25) is 0 Å². The van der Waals surface area contributed by atoms with Crippen LogP contribution < -0.4 is 0 Å². The van der Waals surface area contributed by atoms with Crippen LogP contribution in [0.15, 0.2) is 30.3 Å². The average molecular weight is 238 g/mol. The number of carbonyl (C=O) groups excluding carboxylic acids is 1. The smallest absolute Gasteiger partial charge is 0.272 e. The van der Waals surface area contributed by atoms with Crippen molar-refractivity contribution in [3.63, 3.8) is 0 Å². The van der Waals surface area contributed by atoms with Gasteiger partial charge in [-0.1, -0.05) is 18.2 Å². The largest absolute Gasteiger partial charge is 0.351 e. The van der Waals surface area contributed by atoms with Gasteiger partial charge in [-0.15, -0.1) is 0 Å². The van der Waals surface area contributed by atoms with Crippen molar-refractivity contribution >= 4 is 16.8 Å². The van der Waals surface area contributed by atoms with E-state index in [-0.39, 0.29) is 19.0 Å². The van der Waals surface area contributed by atoms with Crippen molar-refractivity contribution in [3.8, 4) is 12.1 Å². The van der Waals surface area contributed by atoms with Crippen molar-refractivity contribution in [1.29, 1.82) is 10.5 Å². The molecule has 1 N–H and O–H groups in total. The summed E-state index contributed by atoms with van der Waals surface area (Å²) in [6.45, 7) is -0.191. The van der Waals surface area contributed by atoms with Crippen LogP contribution in [0.5, 0.6) is 0 Å². The molecule has 5 nitrogen and oxygen atoms in total. The number of aromatic nitrogens is 1. The second kappa shape index (κ2) is 5.03. The molecule has 0 atom stereocenters. The Kier molecular flexibility index (Phi) is 3.26. The molecular weight excluding hydrogens is 228 g/mol. The van der Waals surface area contributed by atoms with Crippen LogP contribution in [0.1, 0.15) is 10.5 Å². The van der Waals surface area contributed by atoms with Crippen LogP contribution in [0.25, 0.3) is 10.9 Å². The zero-order chi connectivity index (χ0) is 13.0. The first-order valence-corrected chi connectivity index (χ1v) is 5.37. The topological polar surface area (TPSA) is 83.7 Å². The molecule has 1 heterocycles. The molecule has 0 saturated heterocycles. The molecule has 0 fully saturated rings. The predicted octanol–water partition coefficient (Wildman–Crippen LogP) is 1.66. The Hall–Kier alpha value is -2.79. The minimum atomic E-state index is -0.339. The standard InChI is InChI=1S/C13H10N4O/c14-5-7-17(8-6-15)13(18)12-9-10-3-1-2-4-11(10)16-12/h1-4,9,16H,7-8H2. The fourth-order valence-electron chi connectivity index (χ4n) is 1.73. The Morgan fingerprint density at radius 3 is 2.50 bits per heavy atom. The van der Waals surface area contributed by atoms with E-state index in [0.717, 1.165) is 10.9 Å². The SMILES string of the molecule is N#CCN(CC#N)C(=O)c1cc2ccccc2[nH]1. The molecule has 1 amide bonds. The van der Waals surface area contributed by atoms with Gasteiger partial charge in [0.05, 0.1) is 12.1 Å². The number of fused-ring (bicyclic) bond motifs is 1. The number of para-hydroxylation sites is 1. The van der Waals surface area contributed by atoms with Gasteiger partial charge < -0.3 is 9.88 Å². The molecule has 2 rings (SSSR count). The van der Waals surface area contributed by atoms with Crippen LogP contribution >= 0.6 is 0 Å². The Balaban J connectivity index is 2.32. The minimum absolute atomic E-state index is 0.0955. The minimum Gasteiger partial charge on any atom is -0.351 e. The Bertz CT molecular complexity index is 610. The quantitative estimate of drug-likeness (QED) is 0.825. The van der Waals surface area contributed by atoms with Crippen molar-refractivity contribution in [1.82, 2.24) is 9.88 Å². The van der Waals surface area contributed by atoms with Gasteiger partial charge >= 0.3 is 0 Å². The van der Waals surface area contributed by atoms with Crippen LogP contribution in [-0.4, -0.2) is 28.9 Å². The average Bonchev–Trinajstić information content (AvgIpc) is 2.81. The third-order valence-electron chi connectivity index (χ3n) is 2.57. The number of carbonyl (C=O) groups is 1. The van der Waals surface area contributed by atoms with Crippen molar-refractivity contribution in [2.45, 2.75) is 0 Å². The lowest BCUT2D eigenvalue weighted by molar-refractivity contribution is 0.0790. The third-order valence-corrected chi connectivity index (χ3v) is 2.57. The molecule has 0 aliphatic rings. The third kappa shape index (κ3) is 2.16. The van der Waals surface area contributed by atoms with E-state index < -0.39 is 0 Å². The number of aromatic amines is 1. The molecule has 0 aliphatic heterocycles. The molecule has 0 spiro atoms. The second-order valence-electron chi connectivity index (χ2n) is 3.75. The summed E-state index contributed by atoms with van der Waals surface area (Å²) in [5, 5.41) is 18.2. The van der Waals surface area contributed by atoms with E-state index in [2.05, 4.69) is 4.98 Å². The number of nitrogens with one attached hydrogen (secondary N) is 1. The van der Waals surface area contributed by atoms with Gasteiger partial charge in [0.1, 0.15) is 18.8 Å². The zero-order valence-electron chi connectivity index (χ0n) is 9.55. The normalized spacial score (nSPS) is 9.67. The highest BCUT2D eigenvalue weighted by Gasteiger charge is 2.17. The zero-order valence-corrected chi connectivity index (χ0v) is 9.55.